The summed E-state index contributed by atoms with van der Waals surface area (Å²) in [7, 11) is 0. The number of hydrogen-bond acceptors (Lipinski definition) is 2. The highest BCUT2D eigenvalue weighted by Crippen LogP contribution is 2.66. The molecule has 136 valence electrons. The van der Waals surface area contributed by atoms with Crippen LogP contribution in [0.25, 0.3) is 0 Å². The number of alkyl halides is 1. The van der Waals surface area contributed by atoms with E-state index in [0.29, 0.717) is 35.8 Å². The smallest absolute Gasteiger partial charge is 0.178 e. The van der Waals surface area contributed by atoms with Crippen molar-refractivity contribution in [1.82, 2.24) is 0 Å². The van der Waals surface area contributed by atoms with Crippen molar-refractivity contribution in [3.63, 3.8) is 0 Å². The molecule has 0 aromatic carbocycles. The number of ketones is 2. The van der Waals surface area contributed by atoms with Gasteiger partial charge in [-0.05, 0) is 73.8 Å². The summed E-state index contributed by atoms with van der Waals surface area (Å²) in [6, 6.07) is 0. The molecule has 0 amide bonds. The molecule has 2 nitrogen and oxygen atoms in total. The summed E-state index contributed by atoms with van der Waals surface area (Å²) < 4.78 is 0. The molecule has 3 fully saturated rings. The first kappa shape index (κ1) is 17.5. The Morgan fingerprint density at radius 3 is 2.76 bits per heavy atom. The van der Waals surface area contributed by atoms with Gasteiger partial charge in [0.2, 0.25) is 0 Å². The standard InChI is InChI=1S/C22H29ClO2/c1-21-10-7-15(24)13-14(21)3-4-16-17-5-6-19(20(25)9-12-23)22(17,2)11-8-18(16)21/h7,10,13,16-19H,3-6,8-9,11-12H2,1-2H3/t16-,17-,18-,19+,21-,22-/m0/s1. The fraction of sp³-hybridized carbons (Fsp3) is 0.727. The Bertz CT molecular complexity index is 663. The van der Waals surface area contributed by atoms with E-state index >= 15 is 0 Å². The van der Waals surface area contributed by atoms with Gasteiger partial charge in [0, 0.05) is 23.6 Å². The van der Waals surface area contributed by atoms with Crippen LogP contribution in [0.1, 0.15) is 58.8 Å². The van der Waals surface area contributed by atoms with Crippen LogP contribution in [-0.4, -0.2) is 17.4 Å². The summed E-state index contributed by atoms with van der Waals surface area (Å²) in [5.41, 5.74) is 1.56. The monoisotopic (exact) mass is 360 g/mol. The maximum Gasteiger partial charge on any atom is 0.178 e. The van der Waals surface area contributed by atoms with Crippen molar-refractivity contribution in [2.75, 3.05) is 5.88 Å². The Balaban J connectivity index is 1.62. The van der Waals surface area contributed by atoms with E-state index in [2.05, 4.69) is 19.9 Å². The summed E-state index contributed by atoms with van der Waals surface area (Å²) in [6.07, 6.45) is 13.2. The van der Waals surface area contributed by atoms with E-state index in [-0.39, 0.29) is 22.5 Å². The van der Waals surface area contributed by atoms with Crippen LogP contribution in [0, 0.1) is 34.5 Å². The van der Waals surface area contributed by atoms with Crippen molar-refractivity contribution in [2.45, 2.75) is 58.8 Å². The molecule has 4 aliphatic rings. The van der Waals surface area contributed by atoms with E-state index in [1.165, 1.54) is 24.8 Å². The predicted octanol–water partition coefficient (Wildman–Crippen LogP) is 5.11. The lowest BCUT2D eigenvalue weighted by molar-refractivity contribution is -0.129. The minimum Gasteiger partial charge on any atom is -0.299 e. The molecule has 0 aromatic rings. The molecule has 0 radical (unpaired) electrons. The van der Waals surface area contributed by atoms with Gasteiger partial charge in [-0.25, -0.2) is 0 Å². The molecule has 0 heterocycles. The quantitative estimate of drug-likeness (QED) is 0.655. The van der Waals surface area contributed by atoms with Crippen LogP contribution in [0.3, 0.4) is 0 Å². The Hall–Kier alpha value is -0.890. The molecular weight excluding hydrogens is 332 g/mol. The van der Waals surface area contributed by atoms with Gasteiger partial charge in [0.1, 0.15) is 5.78 Å². The molecule has 0 N–H and O–H groups in total. The first-order valence-electron chi connectivity index (χ1n) is 9.93. The van der Waals surface area contributed by atoms with Crippen molar-refractivity contribution in [3.05, 3.63) is 23.8 Å². The number of halogens is 1. The number of carbonyl (C=O) groups is 2. The van der Waals surface area contributed by atoms with Gasteiger partial charge >= 0.3 is 0 Å². The van der Waals surface area contributed by atoms with Crippen molar-refractivity contribution in [2.24, 2.45) is 34.5 Å². The fourth-order valence-electron chi connectivity index (χ4n) is 6.99. The normalized spacial score (nSPS) is 45.4. The van der Waals surface area contributed by atoms with Gasteiger partial charge in [0.25, 0.3) is 0 Å². The molecule has 0 saturated heterocycles. The lowest BCUT2D eigenvalue weighted by atomic mass is 9.47. The average molecular weight is 361 g/mol. The van der Waals surface area contributed by atoms with E-state index in [1.54, 1.807) is 6.08 Å². The highest BCUT2D eigenvalue weighted by Gasteiger charge is 2.59. The largest absolute Gasteiger partial charge is 0.299 e. The van der Waals surface area contributed by atoms with Crippen molar-refractivity contribution >= 4 is 23.2 Å². The zero-order chi connectivity index (χ0) is 17.8. The molecule has 0 aromatic heterocycles. The minimum atomic E-state index is 0.0520. The second kappa shape index (κ2) is 6.08. The topological polar surface area (TPSA) is 34.1 Å². The maximum absolute atomic E-state index is 12.7. The Labute approximate surface area is 156 Å². The molecule has 4 aliphatic carbocycles. The highest BCUT2D eigenvalue weighted by atomic mass is 35.5. The van der Waals surface area contributed by atoms with Gasteiger partial charge in [-0.3, -0.25) is 9.59 Å². The van der Waals surface area contributed by atoms with Crippen LogP contribution < -0.4 is 0 Å². The Kier molecular flexibility index (Phi) is 4.26. The van der Waals surface area contributed by atoms with Crippen LogP contribution in [0.2, 0.25) is 0 Å². The molecule has 0 unspecified atom stereocenters. The van der Waals surface area contributed by atoms with Gasteiger partial charge in [-0.15, -0.1) is 11.6 Å². The Morgan fingerprint density at radius 1 is 1.20 bits per heavy atom. The number of rotatable bonds is 3. The highest BCUT2D eigenvalue weighted by molar-refractivity contribution is 6.19. The zero-order valence-electron chi connectivity index (χ0n) is 15.4. The third-order valence-corrected chi connectivity index (χ3v) is 8.48. The third-order valence-electron chi connectivity index (χ3n) is 8.29. The van der Waals surface area contributed by atoms with Crippen LogP contribution >= 0.6 is 11.6 Å². The van der Waals surface area contributed by atoms with Crippen molar-refractivity contribution < 1.29 is 9.59 Å². The van der Waals surface area contributed by atoms with Gasteiger partial charge in [0.05, 0.1) is 0 Å². The van der Waals surface area contributed by atoms with E-state index in [9.17, 15) is 9.59 Å². The second-order valence-electron chi connectivity index (χ2n) is 9.18. The van der Waals surface area contributed by atoms with Crippen LogP contribution in [-0.2, 0) is 9.59 Å². The summed E-state index contributed by atoms with van der Waals surface area (Å²) in [5.74, 6) is 3.17. The predicted molar refractivity (Wildman–Crippen MR) is 100 cm³/mol. The summed E-state index contributed by atoms with van der Waals surface area (Å²) in [6.45, 7) is 4.72. The summed E-state index contributed by atoms with van der Waals surface area (Å²) in [5, 5.41) is 0. The molecule has 3 heteroatoms. The molecule has 0 bridgehead atoms. The van der Waals surface area contributed by atoms with Gasteiger partial charge in [-0.2, -0.15) is 0 Å². The molecule has 6 atom stereocenters. The number of fused-ring (bicyclic) bond motifs is 5. The van der Waals surface area contributed by atoms with E-state index in [4.69, 9.17) is 11.6 Å². The van der Waals surface area contributed by atoms with Gasteiger partial charge < -0.3 is 0 Å². The van der Waals surface area contributed by atoms with Crippen LogP contribution in [0.4, 0.5) is 0 Å². The minimum absolute atomic E-state index is 0.0520. The number of allylic oxidation sites excluding steroid dienone is 4. The lowest BCUT2D eigenvalue weighted by Gasteiger charge is -2.57. The molecule has 0 spiro atoms. The average Bonchev–Trinajstić information content (AvgIpc) is 2.93. The molecular formula is C22H29ClO2. The van der Waals surface area contributed by atoms with Crippen LogP contribution in [0.5, 0.6) is 0 Å². The number of Topliss-reactive ketones (excluding diaryl/α,β-unsaturated/α-hetero) is 1. The molecule has 3 saturated carbocycles. The maximum atomic E-state index is 12.7. The molecule has 25 heavy (non-hydrogen) atoms. The molecule has 4 rings (SSSR count). The zero-order valence-corrected chi connectivity index (χ0v) is 16.1. The van der Waals surface area contributed by atoms with Crippen LogP contribution in [0.15, 0.2) is 23.8 Å². The van der Waals surface area contributed by atoms with Gasteiger partial charge in [0.15, 0.2) is 5.78 Å². The molecule has 0 aliphatic heterocycles. The lowest BCUT2D eigenvalue weighted by Crippen LogP contribution is -2.50. The first-order valence-corrected chi connectivity index (χ1v) is 10.5. The van der Waals surface area contributed by atoms with Crippen molar-refractivity contribution in [1.29, 1.82) is 0 Å². The van der Waals surface area contributed by atoms with Crippen molar-refractivity contribution in [3.8, 4) is 0 Å². The fourth-order valence-corrected chi connectivity index (χ4v) is 7.18. The van der Waals surface area contributed by atoms with Gasteiger partial charge in [-0.1, -0.05) is 25.5 Å². The van der Waals surface area contributed by atoms with E-state index in [1.807, 2.05) is 6.08 Å². The number of hydrogen-bond donors (Lipinski definition) is 0. The Morgan fingerprint density at radius 2 is 2.00 bits per heavy atom. The summed E-state index contributed by atoms with van der Waals surface area (Å²) in [4.78, 5) is 24.5. The first-order chi connectivity index (χ1) is 11.9. The number of carbonyl (C=O) groups excluding carboxylic acids is 2. The van der Waals surface area contributed by atoms with E-state index < -0.39 is 0 Å². The third kappa shape index (κ3) is 2.51. The van der Waals surface area contributed by atoms with E-state index in [0.717, 1.165) is 19.3 Å². The SMILES string of the molecule is C[C@]12CC[C@H]3[C@@H](CCC4=CC(=O)C=C[C@@]43C)[C@@H]1CC[C@@H]2C(=O)CCCl. The summed E-state index contributed by atoms with van der Waals surface area (Å²) >= 11 is 5.85. The second-order valence-corrected chi connectivity index (χ2v) is 9.56.